The van der Waals surface area contributed by atoms with Gasteiger partial charge in [-0.05, 0) is 38.8 Å². The predicted octanol–water partition coefficient (Wildman–Crippen LogP) is 2.95. The molecule has 1 aromatic heterocycles. The van der Waals surface area contributed by atoms with E-state index in [4.69, 9.17) is 10.5 Å². The van der Waals surface area contributed by atoms with Crippen molar-refractivity contribution < 1.29 is 9.53 Å². The van der Waals surface area contributed by atoms with E-state index in [1.165, 1.54) is 0 Å². The fourth-order valence-corrected chi connectivity index (χ4v) is 2.41. The number of aromatic nitrogens is 2. The number of carbonyl (C=O) groups is 1. The summed E-state index contributed by atoms with van der Waals surface area (Å²) in [6.45, 7) is 6.04. The van der Waals surface area contributed by atoms with Crippen molar-refractivity contribution >= 4 is 35.3 Å². The Morgan fingerprint density at radius 3 is 2.88 bits per heavy atom. The molecule has 1 amide bonds. The number of nitrogens with one attached hydrogen (secondary N) is 1. The van der Waals surface area contributed by atoms with E-state index < -0.39 is 0 Å². The minimum atomic E-state index is -0.0522. The third kappa shape index (κ3) is 5.78. The number of fused-ring (bicyclic) bond motifs is 1. The molecule has 1 atom stereocenters. The van der Waals surface area contributed by atoms with Crippen LogP contribution in [0.5, 0.6) is 0 Å². The van der Waals surface area contributed by atoms with Crippen LogP contribution in [0.15, 0.2) is 24.3 Å². The number of hydrogen-bond donors (Lipinski definition) is 2. The van der Waals surface area contributed by atoms with Gasteiger partial charge in [-0.2, -0.15) is 0 Å². The van der Waals surface area contributed by atoms with Crippen LogP contribution in [0.4, 0.5) is 5.95 Å². The molecule has 2 rings (SSSR count). The van der Waals surface area contributed by atoms with Gasteiger partial charge in [-0.1, -0.05) is 12.1 Å². The fraction of sp³-hybridized carbons (Fsp3) is 0.529. The molecule has 7 heteroatoms. The van der Waals surface area contributed by atoms with Crippen molar-refractivity contribution in [2.75, 3.05) is 18.5 Å². The van der Waals surface area contributed by atoms with Crippen molar-refractivity contribution in [1.82, 2.24) is 9.55 Å². The van der Waals surface area contributed by atoms with E-state index in [0.717, 1.165) is 24.0 Å². The number of hydrogen-bond acceptors (Lipinski definition) is 4. The van der Waals surface area contributed by atoms with Crippen molar-refractivity contribution in [3.63, 3.8) is 0 Å². The molecule has 0 aliphatic rings. The maximum atomic E-state index is 12.1. The number of imidazole rings is 1. The molecular weight excluding hydrogens is 328 g/mol. The van der Waals surface area contributed by atoms with E-state index >= 15 is 0 Å². The Morgan fingerprint density at radius 1 is 1.42 bits per heavy atom. The lowest BCUT2D eigenvalue weighted by Gasteiger charge is -2.11. The van der Waals surface area contributed by atoms with Gasteiger partial charge >= 0.3 is 0 Å². The second-order valence-corrected chi connectivity index (χ2v) is 5.69. The summed E-state index contributed by atoms with van der Waals surface area (Å²) >= 11 is 0. The van der Waals surface area contributed by atoms with Gasteiger partial charge in [-0.3, -0.25) is 10.1 Å². The van der Waals surface area contributed by atoms with E-state index in [1.54, 1.807) is 0 Å². The van der Waals surface area contributed by atoms with Gasteiger partial charge < -0.3 is 15.0 Å². The number of para-hydroxylation sites is 2. The van der Waals surface area contributed by atoms with Gasteiger partial charge in [0.25, 0.3) is 0 Å². The maximum Gasteiger partial charge on any atom is 0.226 e. The Bertz CT molecular complexity index is 643. The van der Waals surface area contributed by atoms with Crippen molar-refractivity contribution in [2.45, 2.75) is 45.7 Å². The van der Waals surface area contributed by atoms with Crippen LogP contribution in [0.1, 0.15) is 33.1 Å². The zero-order valence-electron chi connectivity index (χ0n) is 14.3. The molecule has 1 aromatic carbocycles. The molecule has 1 heterocycles. The summed E-state index contributed by atoms with van der Waals surface area (Å²) in [5.74, 6) is 0.543. The number of carbonyl (C=O) groups excluding carboxylic acids is 1. The lowest BCUT2D eigenvalue weighted by Crippen LogP contribution is -2.21. The zero-order valence-corrected chi connectivity index (χ0v) is 15.1. The van der Waals surface area contributed by atoms with E-state index in [0.29, 0.717) is 32.0 Å². The quantitative estimate of drug-likeness (QED) is 0.678. The monoisotopic (exact) mass is 354 g/mol. The molecule has 6 nitrogen and oxygen atoms in total. The van der Waals surface area contributed by atoms with Crippen molar-refractivity contribution in [2.24, 2.45) is 5.73 Å². The highest BCUT2D eigenvalue weighted by Crippen LogP contribution is 2.20. The van der Waals surface area contributed by atoms with Gasteiger partial charge in [0.2, 0.25) is 11.9 Å². The van der Waals surface area contributed by atoms with Crippen LogP contribution < -0.4 is 11.1 Å². The van der Waals surface area contributed by atoms with Gasteiger partial charge in [0, 0.05) is 32.2 Å². The first kappa shape index (κ1) is 20.4. The van der Waals surface area contributed by atoms with Crippen molar-refractivity contribution in [3.8, 4) is 0 Å². The first-order valence-corrected chi connectivity index (χ1v) is 8.20. The van der Waals surface area contributed by atoms with Crippen molar-refractivity contribution in [1.29, 1.82) is 0 Å². The standard InChI is InChI=1S/C17H26N4O2.ClH/c1-3-23-12-6-11-21-15-8-5-4-7-14(15)19-17(21)20-16(22)10-9-13(2)18;/h4-5,7-8,13H,3,6,9-12,18H2,1-2H3,(H,19,20,22);1H. The average Bonchev–Trinajstić information content (AvgIpc) is 2.87. The molecule has 24 heavy (non-hydrogen) atoms. The summed E-state index contributed by atoms with van der Waals surface area (Å²) in [6.07, 6.45) is 1.94. The average molecular weight is 355 g/mol. The van der Waals surface area contributed by atoms with Crippen LogP contribution in [0, 0.1) is 0 Å². The third-order valence-electron chi connectivity index (χ3n) is 3.61. The van der Waals surface area contributed by atoms with Crippen LogP contribution in [0.3, 0.4) is 0 Å². The highest BCUT2D eigenvalue weighted by atomic mass is 35.5. The number of benzene rings is 1. The number of amides is 1. The fourth-order valence-electron chi connectivity index (χ4n) is 2.41. The molecule has 1 unspecified atom stereocenters. The molecule has 0 spiro atoms. The minimum Gasteiger partial charge on any atom is -0.382 e. The lowest BCUT2D eigenvalue weighted by molar-refractivity contribution is -0.116. The lowest BCUT2D eigenvalue weighted by atomic mass is 10.2. The van der Waals surface area contributed by atoms with Gasteiger partial charge in [0.1, 0.15) is 0 Å². The molecule has 3 N–H and O–H groups in total. The van der Waals surface area contributed by atoms with Crippen LogP contribution in [-0.4, -0.2) is 34.7 Å². The number of nitrogens with zero attached hydrogens (tertiary/aromatic N) is 2. The Balaban J connectivity index is 0.00000288. The topological polar surface area (TPSA) is 82.2 Å². The summed E-state index contributed by atoms with van der Waals surface area (Å²) in [6, 6.07) is 7.91. The SMILES string of the molecule is CCOCCCn1c(NC(=O)CCC(C)N)nc2ccccc21.Cl. The Hall–Kier alpha value is -1.63. The van der Waals surface area contributed by atoms with Crippen LogP contribution in [-0.2, 0) is 16.1 Å². The van der Waals surface area contributed by atoms with Crippen LogP contribution in [0.25, 0.3) is 11.0 Å². The molecular formula is C17H27ClN4O2. The van der Waals surface area contributed by atoms with E-state index in [-0.39, 0.29) is 24.4 Å². The van der Waals surface area contributed by atoms with Gasteiger partial charge in [-0.15, -0.1) is 12.4 Å². The molecule has 2 aromatic rings. The first-order chi connectivity index (χ1) is 11.1. The first-order valence-electron chi connectivity index (χ1n) is 8.20. The Labute approximate surface area is 149 Å². The molecule has 0 radical (unpaired) electrons. The summed E-state index contributed by atoms with van der Waals surface area (Å²) in [5.41, 5.74) is 7.61. The molecule has 0 aliphatic carbocycles. The van der Waals surface area contributed by atoms with Crippen LogP contribution in [0.2, 0.25) is 0 Å². The summed E-state index contributed by atoms with van der Waals surface area (Å²) < 4.78 is 7.43. The molecule has 0 bridgehead atoms. The highest BCUT2D eigenvalue weighted by Gasteiger charge is 2.13. The maximum absolute atomic E-state index is 12.1. The molecule has 0 aliphatic heterocycles. The molecule has 134 valence electrons. The van der Waals surface area contributed by atoms with Crippen LogP contribution >= 0.6 is 12.4 Å². The number of ether oxygens (including phenoxy) is 1. The number of nitrogens with two attached hydrogens (primary N) is 1. The summed E-state index contributed by atoms with van der Waals surface area (Å²) in [4.78, 5) is 16.6. The largest absolute Gasteiger partial charge is 0.382 e. The number of anilines is 1. The molecule has 0 saturated heterocycles. The molecule has 0 saturated carbocycles. The second-order valence-electron chi connectivity index (χ2n) is 5.69. The Morgan fingerprint density at radius 2 is 2.17 bits per heavy atom. The van der Waals surface area contributed by atoms with Gasteiger partial charge in [0.05, 0.1) is 11.0 Å². The highest BCUT2D eigenvalue weighted by molar-refractivity contribution is 5.91. The van der Waals surface area contributed by atoms with E-state index in [2.05, 4.69) is 10.3 Å². The summed E-state index contributed by atoms with van der Waals surface area (Å²) in [7, 11) is 0. The predicted molar refractivity (Wildman–Crippen MR) is 99.6 cm³/mol. The number of halogens is 1. The normalized spacial score (nSPS) is 12.0. The Kier molecular flexibility index (Phi) is 8.74. The number of rotatable bonds is 9. The van der Waals surface area contributed by atoms with Crippen molar-refractivity contribution in [3.05, 3.63) is 24.3 Å². The zero-order chi connectivity index (χ0) is 16.7. The van der Waals surface area contributed by atoms with E-state index in [1.807, 2.05) is 42.7 Å². The summed E-state index contributed by atoms with van der Waals surface area (Å²) in [5, 5.41) is 2.91. The van der Waals surface area contributed by atoms with Gasteiger partial charge in [0.15, 0.2) is 0 Å². The number of aryl methyl sites for hydroxylation is 1. The van der Waals surface area contributed by atoms with Gasteiger partial charge in [-0.25, -0.2) is 4.98 Å². The molecule has 0 fully saturated rings. The second kappa shape index (κ2) is 10.3. The minimum absolute atomic E-state index is 0. The van der Waals surface area contributed by atoms with E-state index in [9.17, 15) is 4.79 Å². The third-order valence-corrected chi connectivity index (χ3v) is 3.61. The smallest absolute Gasteiger partial charge is 0.226 e.